The Morgan fingerprint density at radius 1 is 1.18 bits per heavy atom. The van der Waals surface area contributed by atoms with Crippen molar-refractivity contribution in [2.75, 3.05) is 13.1 Å². The summed E-state index contributed by atoms with van der Waals surface area (Å²) in [7, 11) is 0. The first kappa shape index (κ1) is 13.4. The highest BCUT2D eigenvalue weighted by atomic mass is 19.1. The average molecular weight is 300 g/mol. The zero-order valence-corrected chi connectivity index (χ0v) is 12.2. The summed E-state index contributed by atoms with van der Waals surface area (Å²) in [6, 6.07) is 6.50. The quantitative estimate of drug-likeness (QED) is 0.870. The van der Waals surface area contributed by atoms with Gasteiger partial charge in [0.15, 0.2) is 0 Å². The fourth-order valence-electron chi connectivity index (χ4n) is 3.35. The van der Waals surface area contributed by atoms with Crippen LogP contribution in [0.4, 0.5) is 4.39 Å². The number of benzene rings is 1. The number of hydrogen-bond acceptors (Lipinski definition) is 3. The van der Waals surface area contributed by atoms with Crippen molar-refractivity contribution in [3.63, 3.8) is 0 Å². The molecule has 2 fully saturated rings. The molecule has 4 rings (SSSR count). The van der Waals surface area contributed by atoms with Gasteiger partial charge in [-0.25, -0.2) is 4.39 Å². The van der Waals surface area contributed by atoms with E-state index >= 15 is 0 Å². The summed E-state index contributed by atoms with van der Waals surface area (Å²) in [5.41, 5.74) is 0.500. The van der Waals surface area contributed by atoms with Crippen LogP contribution in [0.1, 0.15) is 30.9 Å². The molecule has 1 aliphatic carbocycles. The fraction of sp³-hybridized carbons (Fsp3) is 0.438. The number of nitrogens with zero attached hydrogens (tertiary/aromatic N) is 4. The lowest BCUT2D eigenvalue weighted by Crippen LogP contribution is -2.38. The number of rotatable bonds is 3. The molecule has 5 nitrogen and oxygen atoms in total. The molecular weight excluding hydrogens is 283 g/mol. The molecule has 2 aromatic rings. The highest BCUT2D eigenvalue weighted by molar-refractivity contribution is 5.91. The second-order valence-corrected chi connectivity index (χ2v) is 6.13. The van der Waals surface area contributed by atoms with Gasteiger partial charge in [-0.05, 0) is 37.0 Å². The third-order valence-corrected chi connectivity index (χ3v) is 4.77. The van der Waals surface area contributed by atoms with Gasteiger partial charge in [0.1, 0.15) is 5.82 Å². The fourth-order valence-corrected chi connectivity index (χ4v) is 3.35. The SMILES string of the molecule is O=C(N1CCC(n2nccn2)C1)C1(c2ccc(F)cc2)CC1. The van der Waals surface area contributed by atoms with Crippen LogP contribution in [0.25, 0.3) is 0 Å². The maximum atomic E-state index is 13.1. The van der Waals surface area contributed by atoms with Crippen LogP contribution in [0.5, 0.6) is 0 Å². The van der Waals surface area contributed by atoms with Crippen molar-refractivity contribution in [2.45, 2.75) is 30.7 Å². The molecule has 1 saturated heterocycles. The number of aromatic nitrogens is 3. The van der Waals surface area contributed by atoms with Gasteiger partial charge in [-0.15, -0.1) is 0 Å². The van der Waals surface area contributed by atoms with Gasteiger partial charge in [0.25, 0.3) is 0 Å². The molecule has 6 heteroatoms. The lowest BCUT2D eigenvalue weighted by atomic mass is 9.94. The molecule has 0 bridgehead atoms. The van der Waals surface area contributed by atoms with Crippen molar-refractivity contribution in [1.29, 1.82) is 0 Å². The van der Waals surface area contributed by atoms with Crippen LogP contribution in [0.2, 0.25) is 0 Å². The summed E-state index contributed by atoms with van der Waals surface area (Å²) >= 11 is 0. The minimum absolute atomic E-state index is 0.156. The number of halogens is 1. The Hall–Kier alpha value is -2.24. The molecule has 1 aliphatic heterocycles. The highest BCUT2D eigenvalue weighted by Crippen LogP contribution is 2.50. The number of amides is 1. The van der Waals surface area contributed by atoms with E-state index in [2.05, 4.69) is 10.2 Å². The summed E-state index contributed by atoms with van der Waals surface area (Å²) in [6.45, 7) is 1.38. The predicted octanol–water partition coefficient (Wildman–Crippen LogP) is 1.92. The van der Waals surface area contributed by atoms with Crippen molar-refractivity contribution < 1.29 is 9.18 Å². The molecular formula is C16H17FN4O. The predicted molar refractivity (Wildman–Crippen MR) is 77.6 cm³/mol. The first-order valence-corrected chi connectivity index (χ1v) is 7.60. The summed E-state index contributed by atoms with van der Waals surface area (Å²) in [5, 5.41) is 8.33. The smallest absolute Gasteiger partial charge is 0.233 e. The number of carbonyl (C=O) groups is 1. The highest BCUT2D eigenvalue weighted by Gasteiger charge is 2.53. The van der Waals surface area contributed by atoms with Gasteiger partial charge in [0, 0.05) is 13.1 Å². The van der Waals surface area contributed by atoms with E-state index in [0.717, 1.165) is 31.4 Å². The molecule has 2 aliphatic rings. The second kappa shape index (κ2) is 4.90. The molecule has 1 aromatic heterocycles. The molecule has 1 saturated carbocycles. The van der Waals surface area contributed by atoms with E-state index in [1.807, 2.05) is 4.90 Å². The lowest BCUT2D eigenvalue weighted by molar-refractivity contribution is -0.133. The summed E-state index contributed by atoms with van der Waals surface area (Å²) in [4.78, 5) is 16.5. The van der Waals surface area contributed by atoms with Gasteiger partial charge in [-0.1, -0.05) is 12.1 Å². The minimum atomic E-state index is -0.430. The topological polar surface area (TPSA) is 51.0 Å². The third-order valence-electron chi connectivity index (χ3n) is 4.77. The maximum absolute atomic E-state index is 13.1. The molecule has 22 heavy (non-hydrogen) atoms. The first-order chi connectivity index (χ1) is 10.7. The summed E-state index contributed by atoms with van der Waals surface area (Å²) in [6.07, 6.45) is 5.88. The van der Waals surface area contributed by atoms with Gasteiger partial charge in [0.2, 0.25) is 5.91 Å². The summed E-state index contributed by atoms with van der Waals surface area (Å²) < 4.78 is 13.1. The van der Waals surface area contributed by atoms with E-state index in [9.17, 15) is 9.18 Å². The van der Waals surface area contributed by atoms with E-state index < -0.39 is 5.41 Å². The van der Waals surface area contributed by atoms with Crippen molar-refractivity contribution in [1.82, 2.24) is 19.9 Å². The van der Waals surface area contributed by atoms with Gasteiger partial charge >= 0.3 is 0 Å². The largest absolute Gasteiger partial charge is 0.340 e. The Morgan fingerprint density at radius 3 is 2.50 bits per heavy atom. The van der Waals surface area contributed by atoms with Crippen LogP contribution < -0.4 is 0 Å². The Labute approximate surface area is 127 Å². The maximum Gasteiger partial charge on any atom is 0.233 e. The molecule has 1 amide bonds. The first-order valence-electron chi connectivity index (χ1n) is 7.60. The van der Waals surface area contributed by atoms with Gasteiger partial charge in [-0.3, -0.25) is 4.79 Å². The van der Waals surface area contributed by atoms with Crippen molar-refractivity contribution in [3.05, 3.63) is 48.0 Å². The van der Waals surface area contributed by atoms with Crippen LogP contribution >= 0.6 is 0 Å². The molecule has 2 heterocycles. The van der Waals surface area contributed by atoms with Crippen LogP contribution in [0.3, 0.4) is 0 Å². The zero-order valence-electron chi connectivity index (χ0n) is 12.2. The third kappa shape index (κ3) is 2.10. The van der Waals surface area contributed by atoms with Crippen molar-refractivity contribution in [2.24, 2.45) is 0 Å². The second-order valence-electron chi connectivity index (χ2n) is 6.13. The molecule has 0 N–H and O–H groups in total. The van der Waals surface area contributed by atoms with Crippen molar-refractivity contribution >= 4 is 5.91 Å². The Kier molecular flexibility index (Phi) is 2.99. The zero-order chi connectivity index (χ0) is 15.2. The van der Waals surface area contributed by atoms with Gasteiger partial charge < -0.3 is 4.90 Å². The van der Waals surface area contributed by atoms with Crippen LogP contribution in [0.15, 0.2) is 36.7 Å². The standard InChI is InChI=1S/C16H17FN4O/c17-13-3-1-12(2-4-13)16(6-7-16)15(22)20-10-5-14(11-20)21-18-8-9-19-21/h1-4,8-9,14H,5-7,10-11H2. The molecule has 0 spiro atoms. The van der Waals surface area contributed by atoms with Crippen molar-refractivity contribution in [3.8, 4) is 0 Å². The van der Waals surface area contributed by atoms with E-state index in [-0.39, 0.29) is 17.8 Å². The monoisotopic (exact) mass is 300 g/mol. The molecule has 1 unspecified atom stereocenters. The molecule has 114 valence electrons. The average Bonchev–Trinajstić information content (AvgIpc) is 2.97. The van der Waals surface area contributed by atoms with E-state index in [1.165, 1.54) is 12.1 Å². The molecule has 1 aromatic carbocycles. The molecule has 0 radical (unpaired) electrons. The Bertz CT molecular complexity index is 679. The number of hydrogen-bond donors (Lipinski definition) is 0. The van der Waals surface area contributed by atoms with E-state index in [1.54, 1.807) is 29.3 Å². The Morgan fingerprint density at radius 2 is 1.86 bits per heavy atom. The number of likely N-dealkylation sites (tertiary alicyclic amines) is 1. The van der Waals surface area contributed by atoms with E-state index in [4.69, 9.17) is 0 Å². The van der Waals surface area contributed by atoms with Crippen LogP contribution in [0, 0.1) is 5.82 Å². The minimum Gasteiger partial charge on any atom is -0.340 e. The Balaban J connectivity index is 1.51. The van der Waals surface area contributed by atoms with Crippen LogP contribution in [-0.4, -0.2) is 38.9 Å². The normalized spacial score (nSPS) is 22.8. The number of carbonyl (C=O) groups excluding carboxylic acids is 1. The van der Waals surface area contributed by atoms with Gasteiger partial charge in [0.05, 0.1) is 23.9 Å². The van der Waals surface area contributed by atoms with E-state index in [0.29, 0.717) is 6.54 Å². The van der Waals surface area contributed by atoms with Crippen LogP contribution in [-0.2, 0) is 10.2 Å². The molecule has 1 atom stereocenters. The van der Waals surface area contributed by atoms with Gasteiger partial charge in [-0.2, -0.15) is 15.0 Å². The summed E-state index contributed by atoms with van der Waals surface area (Å²) in [5.74, 6) is -0.105. The lowest BCUT2D eigenvalue weighted by Gasteiger charge is -2.23.